The largest absolute Gasteiger partial charge is 0.497 e. The fourth-order valence-corrected chi connectivity index (χ4v) is 1.71. The smallest absolute Gasteiger partial charge is 0.316 e. The second kappa shape index (κ2) is 7.72. The van der Waals surface area contributed by atoms with Crippen LogP contribution in [0.15, 0.2) is 42.7 Å². The van der Waals surface area contributed by atoms with E-state index in [1.165, 1.54) is 12.4 Å². The number of nitrogens with one attached hydrogen (secondary N) is 2. The number of hydrogen-bond donors (Lipinski definition) is 2. The molecular formula is C15H16N4O3. The quantitative estimate of drug-likeness (QED) is 0.796. The van der Waals surface area contributed by atoms with Crippen LogP contribution in [0.2, 0.25) is 0 Å². The van der Waals surface area contributed by atoms with Crippen molar-refractivity contribution < 1.29 is 14.3 Å². The van der Waals surface area contributed by atoms with Gasteiger partial charge in [0, 0.05) is 18.9 Å². The Kier molecular flexibility index (Phi) is 5.42. The van der Waals surface area contributed by atoms with E-state index in [2.05, 4.69) is 20.6 Å². The van der Waals surface area contributed by atoms with Gasteiger partial charge in [-0.15, -0.1) is 0 Å². The molecule has 0 atom stereocenters. The number of aromatic nitrogens is 2. The maximum Gasteiger partial charge on any atom is 0.316 e. The first-order valence-corrected chi connectivity index (χ1v) is 6.68. The standard InChI is InChI=1S/C15H16N4O3/c1-22-12-5-3-11(4-6-12)7-10-16-13(20)14(21)19-15-17-8-2-9-18-15/h2-6,8-9H,7,10H2,1H3,(H,16,20)(H,17,18,19,21). The minimum absolute atomic E-state index is 0.0952. The lowest BCUT2D eigenvalue weighted by atomic mass is 10.1. The molecule has 0 aliphatic heterocycles. The number of amides is 2. The summed E-state index contributed by atoms with van der Waals surface area (Å²) in [7, 11) is 1.60. The van der Waals surface area contributed by atoms with E-state index in [1.807, 2.05) is 24.3 Å². The number of methoxy groups -OCH3 is 1. The molecular weight excluding hydrogens is 284 g/mol. The Morgan fingerprint density at radius 1 is 1.09 bits per heavy atom. The molecule has 0 aliphatic rings. The predicted molar refractivity (Wildman–Crippen MR) is 80.4 cm³/mol. The Morgan fingerprint density at radius 3 is 2.41 bits per heavy atom. The number of anilines is 1. The molecule has 2 aromatic rings. The number of nitrogens with zero attached hydrogens (tertiary/aromatic N) is 2. The van der Waals surface area contributed by atoms with Crippen molar-refractivity contribution in [1.29, 1.82) is 0 Å². The van der Waals surface area contributed by atoms with E-state index in [4.69, 9.17) is 4.74 Å². The second-order valence-corrected chi connectivity index (χ2v) is 4.38. The van der Waals surface area contributed by atoms with Crippen molar-refractivity contribution in [2.24, 2.45) is 0 Å². The number of ether oxygens (including phenoxy) is 1. The highest BCUT2D eigenvalue weighted by Crippen LogP contribution is 2.11. The Bertz CT molecular complexity index is 629. The molecule has 1 aromatic heterocycles. The summed E-state index contributed by atoms with van der Waals surface area (Å²) in [5.41, 5.74) is 1.04. The van der Waals surface area contributed by atoms with Gasteiger partial charge < -0.3 is 10.1 Å². The van der Waals surface area contributed by atoms with Crippen LogP contribution in [0.3, 0.4) is 0 Å². The van der Waals surface area contributed by atoms with Crippen molar-refractivity contribution in [2.45, 2.75) is 6.42 Å². The van der Waals surface area contributed by atoms with Crippen molar-refractivity contribution in [3.8, 4) is 5.75 Å². The van der Waals surface area contributed by atoms with Crippen molar-refractivity contribution in [3.05, 3.63) is 48.3 Å². The number of benzene rings is 1. The van der Waals surface area contributed by atoms with Crippen LogP contribution in [-0.2, 0) is 16.0 Å². The molecule has 0 radical (unpaired) electrons. The lowest BCUT2D eigenvalue weighted by Gasteiger charge is -2.06. The summed E-state index contributed by atoms with van der Waals surface area (Å²) >= 11 is 0. The summed E-state index contributed by atoms with van der Waals surface area (Å²) < 4.78 is 5.07. The third-order valence-electron chi connectivity index (χ3n) is 2.86. The van der Waals surface area contributed by atoms with E-state index >= 15 is 0 Å². The van der Waals surface area contributed by atoms with Crippen LogP contribution in [0, 0.1) is 0 Å². The Balaban J connectivity index is 1.76. The number of hydrogen-bond acceptors (Lipinski definition) is 5. The first-order valence-electron chi connectivity index (χ1n) is 6.68. The Hall–Kier alpha value is -2.96. The zero-order valence-corrected chi connectivity index (χ0v) is 12.1. The summed E-state index contributed by atoms with van der Waals surface area (Å²) in [6, 6.07) is 9.11. The van der Waals surface area contributed by atoms with Crippen LogP contribution in [0.25, 0.3) is 0 Å². The van der Waals surface area contributed by atoms with Gasteiger partial charge in [-0.3, -0.25) is 14.9 Å². The van der Waals surface area contributed by atoms with Crippen LogP contribution in [0.5, 0.6) is 5.75 Å². The van der Waals surface area contributed by atoms with Crippen LogP contribution >= 0.6 is 0 Å². The van der Waals surface area contributed by atoms with Crippen LogP contribution < -0.4 is 15.4 Å². The van der Waals surface area contributed by atoms with Crippen molar-refractivity contribution in [1.82, 2.24) is 15.3 Å². The van der Waals surface area contributed by atoms with Crippen LogP contribution in [-0.4, -0.2) is 35.4 Å². The first-order chi connectivity index (χ1) is 10.7. The highest BCUT2D eigenvalue weighted by Gasteiger charge is 2.13. The Morgan fingerprint density at radius 2 is 1.77 bits per heavy atom. The number of rotatable bonds is 5. The minimum atomic E-state index is -0.791. The second-order valence-electron chi connectivity index (χ2n) is 4.38. The molecule has 7 nitrogen and oxygen atoms in total. The number of carbonyl (C=O) groups excluding carboxylic acids is 2. The van der Waals surface area contributed by atoms with Crippen LogP contribution in [0.1, 0.15) is 5.56 Å². The average Bonchev–Trinajstić information content (AvgIpc) is 2.56. The molecule has 7 heteroatoms. The lowest BCUT2D eigenvalue weighted by Crippen LogP contribution is -2.36. The molecule has 0 fully saturated rings. The van der Waals surface area contributed by atoms with Crippen LogP contribution in [0.4, 0.5) is 5.95 Å². The predicted octanol–water partition coefficient (Wildman–Crippen LogP) is 0.783. The molecule has 2 amide bonds. The third-order valence-corrected chi connectivity index (χ3v) is 2.86. The van der Waals surface area contributed by atoms with E-state index in [-0.39, 0.29) is 5.95 Å². The van der Waals surface area contributed by atoms with Gasteiger partial charge in [-0.25, -0.2) is 9.97 Å². The van der Waals surface area contributed by atoms with Gasteiger partial charge in [-0.1, -0.05) is 12.1 Å². The SMILES string of the molecule is COc1ccc(CCNC(=O)C(=O)Nc2ncccn2)cc1. The van der Waals surface area contributed by atoms with Gasteiger partial charge in [0.2, 0.25) is 5.95 Å². The van der Waals surface area contributed by atoms with E-state index in [9.17, 15) is 9.59 Å². The van der Waals surface area contributed by atoms with Gasteiger partial charge >= 0.3 is 11.8 Å². The summed E-state index contributed by atoms with van der Waals surface area (Å²) in [4.78, 5) is 30.9. The summed E-state index contributed by atoms with van der Waals surface area (Å²) in [5, 5.41) is 4.86. The molecule has 0 unspecified atom stereocenters. The maximum atomic E-state index is 11.6. The molecule has 0 saturated heterocycles. The van der Waals surface area contributed by atoms with E-state index in [0.717, 1.165) is 11.3 Å². The molecule has 114 valence electrons. The zero-order valence-electron chi connectivity index (χ0n) is 12.1. The lowest BCUT2D eigenvalue weighted by molar-refractivity contribution is -0.136. The monoisotopic (exact) mass is 300 g/mol. The van der Waals surface area contributed by atoms with Gasteiger partial charge in [0.15, 0.2) is 0 Å². The highest BCUT2D eigenvalue weighted by atomic mass is 16.5. The summed E-state index contributed by atoms with van der Waals surface area (Å²) in [6.07, 6.45) is 3.57. The fraction of sp³-hybridized carbons (Fsp3) is 0.200. The molecule has 2 N–H and O–H groups in total. The molecule has 0 spiro atoms. The number of carbonyl (C=O) groups is 2. The van der Waals surface area contributed by atoms with Gasteiger partial charge in [-0.2, -0.15) is 0 Å². The van der Waals surface area contributed by atoms with Gasteiger partial charge in [0.25, 0.3) is 0 Å². The minimum Gasteiger partial charge on any atom is -0.497 e. The molecule has 0 aliphatic carbocycles. The summed E-state index contributed by atoms with van der Waals surface area (Å²) in [5.74, 6) is -0.644. The van der Waals surface area contributed by atoms with Gasteiger partial charge in [0.05, 0.1) is 7.11 Å². The average molecular weight is 300 g/mol. The first kappa shape index (κ1) is 15.4. The molecule has 2 rings (SSSR count). The molecule has 1 aromatic carbocycles. The third kappa shape index (κ3) is 4.55. The van der Waals surface area contributed by atoms with E-state index in [0.29, 0.717) is 13.0 Å². The van der Waals surface area contributed by atoms with E-state index < -0.39 is 11.8 Å². The van der Waals surface area contributed by atoms with Crippen molar-refractivity contribution in [3.63, 3.8) is 0 Å². The normalized spacial score (nSPS) is 9.86. The van der Waals surface area contributed by atoms with Gasteiger partial charge in [0.1, 0.15) is 5.75 Å². The molecule has 1 heterocycles. The van der Waals surface area contributed by atoms with Gasteiger partial charge in [-0.05, 0) is 30.2 Å². The zero-order chi connectivity index (χ0) is 15.8. The maximum absolute atomic E-state index is 11.6. The molecule has 0 bridgehead atoms. The Labute approximate surface area is 127 Å². The fourth-order valence-electron chi connectivity index (χ4n) is 1.71. The highest BCUT2D eigenvalue weighted by molar-refractivity contribution is 6.39. The topological polar surface area (TPSA) is 93.2 Å². The summed E-state index contributed by atoms with van der Waals surface area (Å²) in [6.45, 7) is 0.355. The van der Waals surface area contributed by atoms with Crippen molar-refractivity contribution >= 4 is 17.8 Å². The molecule has 22 heavy (non-hydrogen) atoms. The van der Waals surface area contributed by atoms with E-state index in [1.54, 1.807) is 13.2 Å². The van der Waals surface area contributed by atoms with Crippen molar-refractivity contribution in [2.75, 3.05) is 19.0 Å². The molecule has 0 saturated carbocycles.